The quantitative estimate of drug-likeness (QED) is 0.630. The van der Waals surface area contributed by atoms with E-state index < -0.39 is 30.6 Å². The maximum atomic E-state index is 12.5. The summed E-state index contributed by atoms with van der Waals surface area (Å²) in [5.41, 5.74) is 3.90. The van der Waals surface area contributed by atoms with E-state index in [0.717, 1.165) is 11.1 Å². The van der Waals surface area contributed by atoms with Crippen LogP contribution < -0.4 is 5.32 Å². The molecule has 0 bridgehead atoms. The Morgan fingerprint density at radius 3 is 2.55 bits per heavy atom. The average Bonchev–Trinajstić information content (AvgIpc) is 2.79. The van der Waals surface area contributed by atoms with Crippen LogP contribution in [0, 0.1) is 6.92 Å². The van der Waals surface area contributed by atoms with E-state index in [4.69, 9.17) is 9.47 Å². The van der Waals surface area contributed by atoms with E-state index >= 15 is 0 Å². The predicted octanol–water partition coefficient (Wildman–Crippen LogP) is 4.24. The van der Waals surface area contributed by atoms with Crippen molar-refractivity contribution >= 4 is 23.5 Å². The van der Waals surface area contributed by atoms with E-state index in [1.54, 1.807) is 18.2 Å². The number of cyclic esters (lactones) is 1. The Morgan fingerprint density at radius 1 is 1.03 bits per heavy atom. The fraction of sp³-hybridized carbons (Fsp3) is 0.160. The van der Waals surface area contributed by atoms with Crippen molar-refractivity contribution in [3.63, 3.8) is 0 Å². The first-order valence-electron chi connectivity index (χ1n) is 9.93. The largest absolute Gasteiger partial charge is 0.454 e. The fourth-order valence-electron chi connectivity index (χ4n) is 3.49. The molecule has 0 saturated heterocycles. The zero-order chi connectivity index (χ0) is 21.8. The van der Waals surface area contributed by atoms with Crippen molar-refractivity contribution in [1.82, 2.24) is 0 Å². The summed E-state index contributed by atoms with van der Waals surface area (Å²) in [5.74, 6) is -1.47. The zero-order valence-electron chi connectivity index (χ0n) is 17.0. The molecule has 1 amide bonds. The van der Waals surface area contributed by atoms with E-state index in [2.05, 4.69) is 5.32 Å². The first kappa shape index (κ1) is 20.3. The van der Waals surface area contributed by atoms with Gasteiger partial charge in [-0.1, -0.05) is 48.5 Å². The Bertz CT molecular complexity index is 1140. The number of anilines is 1. The number of hydrogen-bond acceptors (Lipinski definition) is 5. The van der Waals surface area contributed by atoms with Crippen molar-refractivity contribution in [2.45, 2.75) is 19.4 Å². The van der Waals surface area contributed by atoms with Crippen LogP contribution in [0.3, 0.4) is 0 Å². The molecule has 0 spiro atoms. The molecule has 0 fully saturated rings. The molecular formula is C25H21NO5. The van der Waals surface area contributed by atoms with E-state index in [-0.39, 0.29) is 5.56 Å². The number of ether oxygens (including phenoxy) is 2. The molecule has 6 nitrogen and oxygen atoms in total. The van der Waals surface area contributed by atoms with Gasteiger partial charge in [0.2, 0.25) is 0 Å². The lowest BCUT2D eigenvalue weighted by molar-refractivity contribution is -0.119. The minimum atomic E-state index is -0.627. The zero-order valence-corrected chi connectivity index (χ0v) is 17.0. The minimum absolute atomic E-state index is 0.281. The van der Waals surface area contributed by atoms with Crippen LogP contribution in [0.1, 0.15) is 43.5 Å². The highest BCUT2D eigenvalue weighted by Crippen LogP contribution is 2.31. The van der Waals surface area contributed by atoms with Crippen LogP contribution >= 0.6 is 0 Å². The van der Waals surface area contributed by atoms with Gasteiger partial charge < -0.3 is 14.8 Å². The van der Waals surface area contributed by atoms with Crippen LogP contribution in [0.5, 0.6) is 0 Å². The Labute approximate surface area is 179 Å². The standard InChI is InChI=1S/C25H21NO5/c1-16-7-5-6-10-21(16)26-23(27)15-30-24(28)18-11-12-20-19(13-18)14-22(31-25(20)29)17-8-3-2-4-9-17/h2-13,22H,14-15H2,1H3,(H,26,27). The van der Waals surface area contributed by atoms with Gasteiger partial charge in [-0.15, -0.1) is 0 Å². The molecule has 1 unspecified atom stereocenters. The van der Waals surface area contributed by atoms with Crippen LogP contribution in [0.2, 0.25) is 0 Å². The van der Waals surface area contributed by atoms with Crippen molar-refractivity contribution < 1.29 is 23.9 Å². The molecular weight excluding hydrogens is 394 g/mol. The second-order valence-electron chi connectivity index (χ2n) is 7.32. The third-order valence-electron chi connectivity index (χ3n) is 5.14. The Morgan fingerprint density at radius 2 is 1.77 bits per heavy atom. The monoisotopic (exact) mass is 415 g/mol. The molecule has 1 atom stereocenters. The topological polar surface area (TPSA) is 81.7 Å². The second-order valence-corrected chi connectivity index (χ2v) is 7.32. The summed E-state index contributed by atoms with van der Waals surface area (Å²) in [6.45, 7) is 1.47. The Kier molecular flexibility index (Phi) is 5.80. The molecule has 1 aliphatic rings. The predicted molar refractivity (Wildman–Crippen MR) is 115 cm³/mol. The third-order valence-corrected chi connectivity index (χ3v) is 5.14. The number of benzene rings is 3. The maximum Gasteiger partial charge on any atom is 0.339 e. The van der Waals surface area contributed by atoms with Gasteiger partial charge in [0.05, 0.1) is 11.1 Å². The van der Waals surface area contributed by atoms with Crippen molar-refractivity contribution in [3.8, 4) is 0 Å². The van der Waals surface area contributed by atoms with Crippen molar-refractivity contribution in [1.29, 1.82) is 0 Å². The van der Waals surface area contributed by atoms with E-state index in [9.17, 15) is 14.4 Å². The number of amides is 1. The molecule has 156 valence electrons. The fourth-order valence-corrected chi connectivity index (χ4v) is 3.49. The highest BCUT2D eigenvalue weighted by atomic mass is 16.5. The van der Waals surface area contributed by atoms with E-state index in [1.807, 2.05) is 55.5 Å². The summed E-state index contributed by atoms with van der Waals surface area (Å²) < 4.78 is 10.7. The summed E-state index contributed by atoms with van der Waals surface area (Å²) >= 11 is 0. The summed E-state index contributed by atoms with van der Waals surface area (Å²) in [4.78, 5) is 37.0. The number of esters is 2. The number of nitrogens with one attached hydrogen (secondary N) is 1. The van der Waals surface area contributed by atoms with Crippen LogP contribution in [-0.2, 0) is 20.7 Å². The van der Waals surface area contributed by atoms with E-state index in [1.165, 1.54) is 6.07 Å². The van der Waals surface area contributed by atoms with E-state index in [0.29, 0.717) is 23.2 Å². The number of carbonyl (C=O) groups excluding carboxylic acids is 3. The van der Waals surface area contributed by atoms with Gasteiger partial charge in [-0.25, -0.2) is 9.59 Å². The second kappa shape index (κ2) is 8.83. The van der Waals surface area contributed by atoms with Crippen molar-refractivity contribution in [3.05, 3.63) is 101 Å². The average molecular weight is 415 g/mol. The first-order valence-corrected chi connectivity index (χ1v) is 9.93. The number of fused-ring (bicyclic) bond motifs is 1. The number of hydrogen-bond donors (Lipinski definition) is 1. The van der Waals surface area contributed by atoms with Gasteiger partial charge in [0.25, 0.3) is 5.91 Å². The van der Waals surface area contributed by atoms with Crippen LogP contribution in [0.25, 0.3) is 0 Å². The highest BCUT2D eigenvalue weighted by Gasteiger charge is 2.28. The Balaban J connectivity index is 1.42. The molecule has 0 radical (unpaired) electrons. The minimum Gasteiger partial charge on any atom is -0.454 e. The summed E-state index contributed by atoms with van der Waals surface area (Å²) in [7, 11) is 0. The number of aryl methyl sites for hydroxylation is 1. The van der Waals surface area contributed by atoms with Gasteiger partial charge in [0, 0.05) is 12.1 Å². The molecule has 6 heteroatoms. The van der Waals surface area contributed by atoms with Gasteiger partial charge in [0.1, 0.15) is 6.10 Å². The molecule has 0 aromatic heterocycles. The van der Waals surface area contributed by atoms with Crippen LogP contribution in [0.15, 0.2) is 72.8 Å². The van der Waals surface area contributed by atoms with Gasteiger partial charge >= 0.3 is 11.9 Å². The SMILES string of the molecule is Cc1ccccc1NC(=O)COC(=O)c1ccc2c(c1)CC(c1ccccc1)OC2=O. The number of rotatable bonds is 5. The molecule has 1 aliphatic heterocycles. The summed E-state index contributed by atoms with van der Waals surface area (Å²) in [6, 6.07) is 21.5. The van der Waals surface area contributed by atoms with Gasteiger partial charge in [-0.3, -0.25) is 4.79 Å². The lowest BCUT2D eigenvalue weighted by Gasteiger charge is -2.25. The number of carbonyl (C=O) groups is 3. The summed E-state index contributed by atoms with van der Waals surface area (Å²) in [5, 5.41) is 2.72. The van der Waals surface area contributed by atoms with Crippen molar-refractivity contribution in [2.75, 3.05) is 11.9 Å². The third kappa shape index (κ3) is 4.64. The molecule has 1 heterocycles. The van der Waals surface area contributed by atoms with Crippen LogP contribution in [-0.4, -0.2) is 24.5 Å². The molecule has 31 heavy (non-hydrogen) atoms. The van der Waals surface area contributed by atoms with Gasteiger partial charge in [-0.05, 0) is 47.9 Å². The smallest absolute Gasteiger partial charge is 0.339 e. The van der Waals surface area contributed by atoms with Crippen LogP contribution in [0.4, 0.5) is 5.69 Å². The summed E-state index contributed by atoms with van der Waals surface area (Å²) in [6.07, 6.45) is 0.0485. The molecule has 3 aromatic carbocycles. The van der Waals surface area contributed by atoms with Gasteiger partial charge in [-0.2, -0.15) is 0 Å². The molecule has 4 rings (SSSR count). The molecule has 0 saturated carbocycles. The number of para-hydroxylation sites is 1. The molecule has 0 aliphatic carbocycles. The lowest BCUT2D eigenvalue weighted by atomic mass is 9.93. The lowest BCUT2D eigenvalue weighted by Crippen LogP contribution is -2.23. The van der Waals surface area contributed by atoms with Gasteiger partial charge in [0.15, 0.2) is 6.61 Å². The van der Waals surface area contributed by atoms with Crippen molar-refractivity contribution in [2.24, 2.45) is 0 Å². The Hall–Kier alpha value is -3.93. The molecule has 1 N–H and O–H groups in total. The maximum absolute atomic E-state index is 12.5. The first-order chi connectivity index (χ1) is 15.0. The highest BCUT2D eigenvalue weighted by molar-refractivity contribution is 5.97. The normalized spacial score (nSPS) is 14.9. The molecule has 3 aromatic rings.